The summed E-state index contributed by atoms with van der Waals surface area (Å²) in [6.07, 6.45) is 4.12. The number of nitrogens with one attached hydrogen (secondary N) is 1. The Bertz CT molecular complexity index is 535. The van der Waals surface area contributed by atoms with E-state index in [0.29, 0.717) is 12.0 Å². The highest BCUT2D eigenvalue weighted by Gasteiger charge is 2.34. The number of hydrogen-bond acceptors (Lipinski definition) is 3. The Morgan fingerprint density at radius 3 is 2.86 bits per heavy atom. The third-order valence-electron chi connectivity index (χ3n) is 4.40. The summed E-state index contributed by atoms with van der Waals surface area (Å²) in [6.45, 7) is 5.51. The summed E-state index contributed by atoms with van der Waals surface area (Å²) in [5.41, 5.74) is 1.24. The monoisotopic (exact) mass is 302 g/mol. The molecule has 0 aliphatic carbocycles. The van der Waals surface area contributed by atoms with Gasteiger partial charge >= 0.3 is 0 Å². The van der Waals surface area contributed by atoms with Crippen molar-refractivity contribution in [3.8, 4) is 0 Å². The third-order valence-corrected chi connectivity index (χ3v) is 5.20. The first-order chi connectivity index (χ1) is 10.2. The molecule has 1 aromatic rings. The van der Waals surface area contributed by atoms with Crippen LogP contribution in [0.2, 0.25) is 0 Å². The molecule has 4 rings (SSSR count). The zero-order valence-electron chi connectivity index (χ0n) is 12.4. The fourth-order valence-electron chi connectivity index (χ4n) is 3.22. The van der Waals surface area contributed by atoms with Crippen LogP contribution < -0.4 is 5.32 Å². The molecule has 1 atom stereocenters. The summed E-state index contributed by atoms with van der Waals surface area (Å²) in [5, 5.41) is 5.05. The first-order valence-electron chi connectivity index (χ1n) is 7.63. The summed E-state index contributed by atoms with van der Waals surface area (Å²) < 4.78 is 0. The molecule has 3 aliphatic heterocycles. The molecule has 0 unspecified atom stereocenters. The Kier molecular flexibility index (Phi) is 4.66. The van der Waals surface area contributed by atoms with Crippen molar-refractivity contribution in [2.75, 3.05) is 19.6 Å². The fraction of sp³-hybridized carbons (Fsp3) is 0.471. The lowest BCUT2D eigenvalue weighted by atomic mass is 9.84. The van der Waals surface area contributed by atoms with Crippen molar-refractivity contribution in [3.05, 3.63) is 41.3 Å². The summed E-state index contributed by atoms with van der Waals surface area (Å²) in [6, 6.07) is 8.65. The van der Waals surface area contributed by atoms with Gasteiger partial charge in [0.15, 0.2) is 0 Å². The highest BCUT2D eigenvalue weighted by Crippen LogP contribution is 2.27. The van der Waals surface area contributed by atoms with E-state index in [2.05, 4.69) is 35.3 Å². The second kappa shape index (κ2) is 6.67. The summed E-state index contributed by atoms with van der Waals surface area (Å²) in [7, 11) is 0. The quantitative estimate of drug-likeness (QED) is 0.686. The van der Waals surface area contributed by atoms with Gasteiger partial charge in [-0.15, -0.1) is 0 Å². The van der Waals surface area contributed by atoms with E-state index in [9.17, 15) is 4.79 Å². The largest absolute Gasteiger partial charge is 0.348 e. The Labute approximate surface area is 130 Å². The Morgan fingerprint density at radius 1 is 1.38 bits per heavy atom. The van der Waals surface area contributed by atoms with Crippen molar-refractivity contribution in [1.82, 2.24) is 10.2 Å². The maximum Gasteiger partial charge on any atom is 0.244 e. The number of aryl methyl sites for hydroxylation is 1. The van der Waals surface area contributed by atoms with Crippen LogP contribution in [0.4, 0.5) is 0 Å². The normalized spacial score (nSPS) is 28.0. The molecule has 4 heteroatoms. The van der Waals surface area contributed by atoms with Crippen molar-refractivity contribution in [1.29, 1.82) is 0 Å². The minimum absolute atomic E-state index is 0.0360. The number of fused-ring (bicyclic) bond motifs is 3. The molecule has 0 saturated carbocycles. The van der Waals surface area contributed by atoms with Crippen molar-refractivity contribution in [2.24, 2.45) is 5.92 Å². The number of carbonyl (C=O) groups is 1. The maximum atomic E-state index is 12.0. The number of thioether (sulfide) groups is 1. The zero-order valence-corrected chi connectivity index (χ0v) is 13.2. The average molecular weight is 302 g/mol. The molecule has 3 heterocycles. The van der Waals surface area contributed by atoms with Gasteiger partial charge in [-0.3, -0.25) is 4.79 Å². The molecule has 21 heavy (non-hydrogen) atoms. The van der Waals surface area contributed by atoms with E-state index in [0.717, 1.165) is 6.54 Å². The predicted molar refractivity (Wildman–Crippen MR) is 87.3 cm³/mol. The van der Waals surface area contributed by atoms with Gasteiger partial charge in [-0.2, -0.15) is 0 Å². The number of amides is 1. The van der Waals surface area contributed by atoms with Crippen molar-refractivity contribution < 1.29 is 4.79 Å². The van der Waals surface area contributed by atoms with Crippen LogP contribution in [0.25, 0.3) is 0 Å². The molecule has 3 fully saturated rings. The van der Waals surface area contributed by atoms with Gasteiger partial charge in [0.1, 0.15) is 0 Å². The molecule has 3 nitrogen and oxygen atoms in total. The van der Waals surface area contributed by atoms with E-state index in [1.165, 1.54) is 36.4 Å². The molecule has 0 radical (unpaired) electrons. The lowest BCUT2D eigenvalue weighted by Gasteiger charge is -2.44. The molecule has 3 aliphatic rings. The van der Waals surface area contributed by atoms with Crippen LogP contribution in [0, 0.1) is 12.8 Å². The number of rotatable bonds is 4. The van der Waals surface area contributed by atoms with Gasteiger partial charge in [0, 0.05) is 23.6 Å². The fourth-order valence-corrected chi connectivity index (χ4v) is 3.98. The summed E-state index contributed by atoms with van der Waals surface area (Å²) in [5.74, 6) is 0.714. The van der Waals surface area contributed by atoms with E-state index in [1.54, 1.807) is 17.8 Å². The van der Waals surface area contributed by atoms with Crippen LogP contribution in [0.1, 0.15) is 18.4 Å². The van der Waals surface area contributed by atoms with E-state index >= 15 is 0 Å². The van der Waals surface area contributed by atoms with Crippen LogP contribution in [0.3, 0.4) is 0 Å². The SMILES string of the molecule is Cc1cccc(S/C=C\C(=O)N[C@H]2CN3CCC2CC3)c1. The molecular formula is C17H22N2OS. The summed E-state index contributed by atoms with van der Waals surface area (Å²) in [4.78, 5) is 15.6. The van der Waals surface area contributed by atoms with Crippen molar-refractivity contribution in [2.45, 2.75) is 30.7 Å². The molecule has 1 aromatic carbocycles. The predicted octanol–water partition coefficient (Wildman–Crippen LogP) is 2.81. The number of carbonyl (C=O) groups excluding carboxylic acids is 1. The van der Waals surface area contributed by atoms with Crippen molar-refractivity contribution >= 4 is 17.7 Å². The first kappa shape index (κ1) is 14.7. The number of piperidine rings is 3. The third kappa shape index (κ3) is 3.89. The van der Waals surface area contributed by atoms with Gasteiger partial charge in [0.25, 0.3) is 0 Å². The molecular weight excluding hydrogens is 280 g/mol. The first-order valence-corrected chi connectivity index (χ1v) is 8.51. The Morgan fingerprint density at radius 2 is 2.19 bits per heavy atom. The average Bonchev–Trinajstić information content (AvgIpc) is 2.48. The van der Waals surface area contributed by atoms with Crippen molar-refractivity contribution in [3.63, 3.8) is 0 Å². The van der Waals surface area contributed by atoms with E-state index in [1.807, 2.05) is 11.5 Å². The highest BCUT2D eigenvalue weighted by molar-refractivity contribution is 8.02. The van der Waals surface area contributed by atoms with Crippen LogP contribution in [-0.2, 0) is 4.79 Å². The highest BCUT2D eigenvalue weighted by atomic mass is 32.2. The van der Waals surface area contributed by atoms with Crippen LogP contribution in [-0.4, -0.2) is 36.5 Å². The zero-order chi connectivity index (χ0) is 14.7. The van der Waals surface area contributed by atoms with Crippen LogP contribution >= 0.6 is 11.8 Å². The molecule has 1 amide bonds. The smallest absolute Gasteiger partial charge is 0.244 e. The minimum atomic E-state index is 0.0360. The van der Waals surface area contributed by atoms with Gasteiger partial charge in [-0.25, -0.2) is 0 Å². The summed E-state index contributed by atoms with van der Waals surface area (Å²) >= 11 is 1.59. The lowest BCUT2D eigenvalue weighted by molar-refractivity contribution is -0.118. The van der Waals surface area contributed by atoms with Gasteiger partial charge in [0.05, 0.1) is 0 Å². The number of nitrogens with zero attached hydrogens (tertiary/aromatic N) is 1. The Hall–Kier alpha value is -1.26. The van der Waals surface area contributed by atoms with E-state index < -0.39 is 0 Å². The van der Waals surface area contributed by atoms with E-state index in [4.69, 9.17) is 0 Å². The molecule has 112 valence electrons. The second-order valence-corrected chi connectivity index (χ2v) is 6.97. The van der Waals surface area contributed by atoms with Gasteiger partial charge in [0.2, 0.25) is 5.91 Å². The van der Waals surface area contributed by atoms with Gasteiger partial charge in [-0.05, 0) is 56.3 Å². The number of hydrogen-bond donors (Lipinski definition) is 1. The molecule has 1 N–H and O–H groups in total. The minimum Gasteiger partial charge on any atom is -0.348 e. The Balaban J connectivity index is 1.49. The maximum absolute atomic E-state index is 12.0. The van der Waals surface area contributed by atoms with Crippen LogP contribution in [0.15, 0.2) is 40.6 Å². The number of benzene rings is 1. The van der Waals surface area contributed by atoms with E-state index in [-0.39, 0.29) is 5.91 Å². The van der Waals surface area contributed by atoms with Gasteiger partial charge in [-0.1, -0.05) is 29.5 Å². The molecule has 3 saturated heterocycles. The van der Waals surface area contributed by atoms with Crippen LogP contribution in [0.5, 0.6) is 0 Å². The topological polar surface area (TPSA) is 32.3 Å². The standard InChI is InChI=1S/C17H22N2OS/c1-13-3-2-4-15(11-13)21-10-7-17(20)18-16-12-19-8-5-14(16)6-9-19/h2-4,7,10-11,14,16H,5-6,8-9,12H2,1H3,(H,18,20)/b10-7-/t16-/m0/s1. The molecule has 0 spiro atoms. The molecule has 0 aromatic heterocycles. The lowest BCUT2D eigenvalue weighted by Crippen LogP contribution is -2.57. The molecule has 2 bridgehead atoms. The second-order valence-electron chi connectivity index (χ2n) is 5.99. The van der Waals surface area contributed by atoms with Gasteiger partial charge < -0.3 is 10.2 Å².